The lowest BCUT2D eigenvalue weighted by Gasteiger charge is -2.36. The van der Waals surface area contributed by atoms with Crippen molar-refractivity contribution in [2.75, 3.05) is 41.7 Å². The van der Waals surface area contributed by atoms with Crippen LogP contribution in [0.4, 0.5) is 17.1 Å². The second-order valence-electron chi connectivity index (χ2n) is 10.5. The highest BCUT2D eigenvalue weighted by Crippen LogP contribution is 2.31. The van der Waals surface area contributed by atoms with Gasteiger partial charge >= 0.3 is 0 Å². The van der Waals surface area contributed by atoms with Gasteiger partial charge < -0.3 is 20.4 Å². The first-order valence-corrected chi connectivity index (χ1v) is 14.9. The molecule has 4 aromatic rings. The molecule has 1 aliphatic heterocycles. The van der Waals surface area contributed by atoms with E-state index in [2.05, 4.69) is 15.5 Å². The van der Waals surface area contributed by atoms with Crippen molar-refractivity contribution < 1.29 is 19.2 Å². The van der Waals surface area contributed by atoms with Crippen molar-refractivity contribution in [2.24, 2.45) is 5.92 Å². The van der Waals surface area contributed by atoms with E-state index in [0.717, 1.165) is 44.7 Å². The van der Waals surface area contributed by atoms with Gasteiger partial charge in [-0.2, -0.15) is 0 Å². The molecule has 2 heterocycles. The fourth-order valence-electron chi connectivity index (χ4n) is 4.98. The monoisotopic (exact) mass is 578 g/mol. The molecule has 2 aliphatic rings. The number of anilines is 3. The second-order valence-corrected chi connectivity index (χ2v) is 11.5. The summed E-state index contributed by atoms with van der Waals surface area (Å²) in [6.45, 7) is 3.03. The molecule has 3 aromatic carbocycles. The quantitative estimate of drug-likeness (QED) is 0.268. The molecule has 1 aliphatic carbocycles. The molecule has 3 amide bonds. The standard InChI is InChI=1S/C33H30N4O4S/c38-30(23-7-13-27(14-8-23)35-32(40)29-2-1-21-42-29)22-5-11-26(12-6-22)34-31(39)24-9-15-28(16-10-24)36-17-19-37(20-18-36)33(41)25-3-4-25/h1-2,5-16,21,25H,3-4,17-20H2,(H,34,39)(H,35,40). The predicted octanol–water partition coefficient (Wildman–Crippen LogP) is 5.54. The number of rotatable bonds is 8. The van der Waals surface area contributed by atoms with Gasteiger partial charge in [-0.25, -0.2) is 0 Å². The van der Waals surface area contributed by atoms with Crippen molar-refractivity contribution in [3.05, 3.63) is 112 Å². The zero-order valence-corrected chi connectivity index (χ0v) is 23.7. The fraction of sp³-hybridized carbons (Fsp3) is 0.212. The van der Waals surface area contributed by atoms with Crippen LogP contribution in [0.1, 0.15) is 48.8 Å². The zero-order valence-electron chi connectivity index (χ0n) is 22.9. The lowest BCUT2D eigenvalue weighted by molar-refractivity contribution is -0.132. The topological polar surface area (TPSA) is 98.8 Å². The molecule has 2 fully saturated rings. The van der Waals surface area contributed by atoms with Gasteiger partial charge in [0.15, 0.2) is 5.78 Å². The van der Waals surface area contributed by atoms with Crippen molar-refractivity contribution >= 4 is 51.9 Å². The third-order valence-corrected chi connectivity index (χ3v) is 8.44. The molecular weight excluding hydrogens is 548 g/mol. The number of carbonyl (C=O) groups excluding carboxylic acids is 4. The van der Waals surface area contributed by atoms with Gasteiger partial charge in [0, 0.05) is 65.8 Å². The van der Waals surface area contributed by atoms with Gasteiger partial charge in [0.2, 0.25) is 5.91 Å². The average molecular weight is 579 g/mol. The van der Waals surface area contributed by atoms with Gasteiger partial charge in [0.25, 0.3) is 11.8 Å². The SMILES string of the molecule is O=C(Nc1ccc(C(=O)c2ccc(NC(=O)c3cccs3)cc2)cc1)c1ccc(N2CCN(C(=O)C3CC3)CC2)cc1. The Morgan fingerprint density at radius 3 is 1.71 bits per heavy atom. The third-order valence-electron chi connectivity index (χ3n) is 7.57. The van der Waals surface area contributed by atoms with Crippen LogP contribution in [0.2, 0.25) is 0 Å². The first kappa shape index (κ1) is 27.4. The van der Waals surface area contributed by atoms with Crippen LogP contribution in [-0.2, 0) is 4.79 Å². The molecule has 42 heavy (non-hydrogen) atoms. The van der Waals surface area contributed by atoms with E-state index >= 15 is 0 Å². The number of carbonyl (C=O) groups is 4. The van der Waals surface area contributed by atoms with E-state index in [9.17, 15) is 19.2 Å². The molecule has 6 rings (SSSR count). The van der Waals surface area contributed by atoms with E-state index in [1.165, 1.54) is 11.3 Å². The maximum Gasteiger partial charge on any atom is 0.265 e. The minimum Gasteiger partial charge on any atom is -0.368 e. The minimum absolute atomic E-state index is 0.155. The van der Waals surface area contributed by atoms with E-state index in [1.54, 1.807) is 66.7 Å². The number of benzene rings is 3. The van der Waals surface area contributed by atoms with Crippen molar-refractivity contribution in [2.45, 2.75) is 12.8 Å². The molecule has 0 radical (unpaired) electrons. The number of piperazine rings is 1. The van der Waals surface area contributed by atoms with E-state index in [1.807, 2.05) is 28.5 Å². The second kappa shape index (κ2) is 12.0. The van der Waals surface area contributed by atoms with Crippen LogP contribution in [-0.4, -0.2) is 54.6 Å². The highest BCUT2D eigenvalue weighted by atomic mass is 32.1. The Hall–Kier alpha value is -4.76. The predicted molar refractivity (Wildman–Crippen MR) is 165 cm³/mol. The molecular formula is C33H30N4O4S. The maximum absolute atomic E-state index is 13.0. The Labute approximate surface area is 248 Å². The number of ketones is 1. The number of nitrogens with one attached hydrogen (secondary N) is 2. The van der Waals surface area contributed by atoms with Crippen LogP contribution in [0.25, 0.3) is 0 Å². The van der Waals surface area contributed by atoms with Crippen LogP contribution in [0, 0.1) is 5.92 Å². The molecule has 0 bridgehead atoms. The van der Waals surface area contributed by atoms with Crippen LogP contribution in [0.5, 0.6) is 0 Å². The molecule has 0 spiro atoms. The summed E-state index contributed by atoms with van der Waals surface area (Å²) >= 11 is 1.36. The van der Waals surface area contributed by atoms with Crippen molar-refractivity contribution in [3.63, 3.8) is 0 Å². The largest absolute Gasteiger partial charge is 0.368 e. The van der Waals surface area contributed by atoms with Gasteiger partial charge in [-0.05, 0) is 97.1 Å². The number of hydrogen-bond donors (Lipinski definition) is 2. The summed E-state index contributed by atoms with van der Waals surface area (Å²) in [6.07, 6.45) is 2.05. The minimum atomic E-state index is -0.235. The van der Waals surface area contributed by atoms with Crippen LogP contribution in [0.3, 0.4) is 0 Å². The van der Waals surface area contributed by atoms with E-state index < -0.39 is 0 Å². The third kappa shape index (κ3) is 6.26. The summed E-state index contributed by atoms with van der Waals surface area (Å²) in [7, 11) is 0. The Bertz CT molecular complexity index is 1590. The normalized spacial score (nSPS) is 14.8. The average Bonchev–Trinajstić information content (AvgIpc) is 3.74. The van der Waals surface area contributed by atoms with Gasteiger partial charge in [0.05, 0.1) is 4.88 Å². The first-order chi connectivity index (χ1) is 20.4. The maximum atomic E-state index is 13.0. The van der Waals surface area contributed by atoms with Crippen LogP contribution < -0.4 is 15.5 Å². The molecule has 1 aromatic heterocycles. The molecule has 0 unspecified atom stereocenters. The summed E-state index contributed by atoms with van der Waals surface area (Å²) in [5, 5.41) is 7.55. The molecule has 9 heteroatoms. The van der Waals surface area contributed by atoms with Gasteiger partial charge in [-0.3, -0.25) is 19.2 Å². The lowest BCUT2D eigenvalue weighted by Crippen LogP contribution is -2.49. The molecule has 2 N–H and O–H groups in total. The Morgan fingerprint density at radius 1 is 0.643 bits per heavy atom. The highest BCUT2D eigenvalue weighted by molar-refractivity contribution is 7.12. The zero-order chi connectivity index (χ0) is 29.1. The summed E-state index contributed by atoms with van der Waals surface area (Å²) in [4.78, 5) is 55.2. The summed E-state index contributed by atoms with van der Waals surface area (Å²) in [6, 6.07) is 24.6. The Morgan fingerprint density at radius 2 is 1.19 bits per heavy atom. The molecule has 1 saturated carbocycles. The van der Waals surface area contributed by atoms with Gasteiger partial charge in [0.1, 0.15) is 0 Å². The summed E-state index contributed by atoms with van der Waals surface area (Å²) in [5.74, 6) is -0.0288. The van der Waals surface area contributed by atoms with Crippen LogP contribution >= 0.6 is 11.3 Å². The number of amides is 3. The lowest BCUT2D eigenvalue weighted by atomic mass is 10.0. The van der Waals surface area contributed by atoms with Gasteiger partial charge in [-0.15, -0.1) is 11.3 Å². The van der Waals surface area contributed by atoms with Gasteiger partial charge in [-0.1, -0.05) is 6.07 Å². The number of hydrogen-bond acceptors (Lipinski definition) is 6. The first-order valence-electron chi connectivity index (χ1n) is 14.0. The van der Waals surface area contributed by atoms with Crippen molar-refractivity contribution in [1.82, 2.24) is 4.90 Å². The smallest absolute Gasteiger partial charge is 0.265 e. The number of nitrogens with zero attached hydrogens (tertiary/aromatic N) is 2. The summed E-state index contributed by atoms with van der Waals surface area (Å²) < 4.78 is 0. The molecule has 8 nitrogen and oxygen atoms in total. The molecule has 1 saturated heterocycles. The molecule has 212 valence electrons. The summed E-state index contributed by atoms with van der Waals surface area (Å²) in [5.41, 5.74) is 3.75. The fourth-order valence-corrected chi connectivity index (χ4v) is 5.60. The Kier molecular flexibility index (Phi) is 7.83. The van der Waals surface area contributed by atoms with E-state index in [-0.39, 0.29) is 23.5 Å². The van der Waals surface area contributed by atoms with Crippen LogP contribution in [0.15, 0.2) is 90.3 Å². The molecule has 0 atom stereocenters. The highest BCUT2D eigenvalue weighted by Gasteiger charge is 2.34. The van der Waals surface area contributed by atoms with Crippen molar-refractivity contribution in [3.8, 4) is 0 Å². The van der Waals surface area contributed by atoms with E-state index in [4.69, 9.17) is 0 Å². The Balaban J connectivity index is 1.01. The van der Waals surface area contributed by atoms with Crippen molar-refractivity contribution in [1.29, 1.82) is 0 Å². The number of thiophene rings is 1. The van der Waals surface area contributed by atoms with E-state index in [0.29, 0.717) is 38.8 Å².